The normalized spacial score (nSPS) is 11.3. The van der Waals surface area contributed by atoms with Crippen molar-refractivity contribution in [3.63, 3.8) is 0 Å². The maximum Gasteiger partial charge on any atom is 0.270 e. The number of pyridine rings is 1. The first-order valence-electron chi connectivity index (χ1n) is 7.24. The number of nitrogens with zero attached hydrogens (tertiary/aromatic N) is 3. The van der Waals surface area contributed by atoms with Crippen molar-refractivity contribution in [2.24, 2.45) is 0 Å². The SMILES string of the molecule is O=C(Nc1nnc(S(=O)(=O)NCc2cccnc2)s1)c1ccccc1Cl. The Morgan fingerprint density at radius 3 is 2.69 bits per heavy atom. The number of nitrogens with one attached hydrogen (secondary N) is 2. The molecule has 0 aliphatic rings. The van der Waals surface area contributed by atoms with Gasteiger partial charge in [-0.15, -0.1) is 10.2 Å². The summed E-state index contributed by atoms with van der Waals surface area (Å²) in [5.41, 5.74) is 0.955. The Morgan fingerprint density at radius 2 is 1.96 bits per heavy atom. The first-order valence-corrected chi connectivity index (χ1v) is 9.91. The van der Waals surface area contributed by atoms with Gasteiger partial charge in [-0.25, -0.2) is 13.1 Å². The number of anilines is 1. The van der Waals surface area contributed by atoms with E-state index in [0.29, 0.717) is 5.56 Å². The van der Waals surface area contributed by atoms with E-state index in [9.17, 15) is 13.2 Å². The zero-order valence-electron chi connectivity index (χ0n) is 13.1. The van der Waals surface area contributed by atoms with Crippen molar-refractivity contribution in [1.82, 2.24) is 19.9 Å². The number of hydrogen-bond donors (Lipinski definition) is 2. The third-order valence-electron chi connectivity index (χ3n) is 3.16. The Hall–Kier alpha value is -2.40. The Kier molecular flexibility index (Phi) is 5.57. The molecule has 0 bridgehead atoms. The Morgan fingerprint density at radius 1 is 1.15 bits per heavy atom. The number of aromatic nitrogens is 3. The second-order valence-electron chi connectivity index (χ2n) is 4.99. The third kappa shape index (κ3) is 4.41. The first kappa shape index (κ1) is 18.4. The van der Waals surface area contributed by atoms with E-state index >= 15 is 0 Å². The Balaban J connectivity index is 1.69. The van der Waals surface area contributed by atoms with Gasteiger partial charge in [0.2, 0.25) is 9.47 Å². The monoisotopic (exact) mass is 409 g/mol. The van der Waals surface area contributed by atoms with Gasteiger partial charge in [0.15, 0.2) is 0 Å². The molecule has 2 heterocycles. The van der Waals surface area contributed by atoms with Gasteiger partial charge < -0.3 is 0 Å². The van der Waals surface area contributed by atoms with Crippen LogP contribution in [-0.4, -0.2) is 29.5 Å². The van der Waals surface area contributed by atoms with Crippen LogP contribution in [0.3, 0.4) is 0 Å². The summed E-state index contributed by atoms with van der Waals surface area (Å²) < 4.78 is 26.7. The van der Waals surface area contributed by atoms with Crippen LogP contribution in [0.5, 0.6) is 0 Å². The van der Waals surface area contributed by atoms with Gasteiger partial charge in [-0.05, 0) is 23.8 Å². The van der Waals surface area contributed by atoms with E-state index < -0.39 is 15.9 Å². The van der Waals surface area contributed by atoms with Crippen LogP contribution in [0, 0.1) is 0 Å². The highest BCUT2D eigenvalue weighted by atomic mass is 35.5. The summed E-state index contributed by atoms with van der Waals surface area (Å²) in [4.78, 5) is 16.1. The van der Waals surface area contributed by atoms with Crippen LogP contribution in [-0.2, 0) is 16.6 Å². The lowest BCUT2D eigenvalue weighted by molar-refractivity contribution is 0.102. The van der Waals surface area contributed by atoms with Crippen LogP contribution in [0.2, 0.25) is 5.02 Å². The summed E-state index contributed by atoms with van der Waals surface area (Å²) in [6, 6.07) is 9.93. The van der Waals surface area contributed by atoms with Gasteiger partial charge in [0.05, 0.1) is 10.6 Å². The summed E-state index contributed by atoms with van der Waals surface area (Å²) in [5, 5.41) is 10.1. The van der Waals surface area contributed by atoms with Crippen molar-refractivity contribution in [2.75, 3.05) is 5.32 Å². The van der Waals surface area contributed by atoms with Gasteiger partial charge in [0, 0.05) is 18.9 Å². The van der Waals surface area contributed by atoms with Crippen molar-refractivity contribution < 1.29 is 13.2 Å². The van der Waals surface area contributed by atoms with Gasteiger partial charge in [-0.3, -0.25) is 15.1 Å². The maximum atomic E-state index is 12.3. The average molecular weight is 410 g/mol. The number of amides is 1. The minimum atomic E-state index is -3.86. The summed E-state index contributed by atoms with van der Waals surface area (Å²) in [7, 11) is -3.86. The van der Waals surface area contributed by atoms with E-state index in [0.717, 1.165) is 11.3 Å². The predicted octanol–water partition coefficient (Wildman–Crippen LogP) is 2.32. The van der Waals surface area contributed by atoms with Crippen LogP contribution in [0.1, 0.15) is 15.9 Å². The van der Waals surface area contributed by atoms with E-state index in [4.69, 9.17) is 11.6 Å². The van der Waals surface area contributed by atoms with E-state index in [1.165, 1.54) is 0 Å². The topological polar surface area (TPSA) is 114 Å². The third-order valence-corrected chi connectivity index (χ3v) is 6.10. The molecule has 134 valence electrons. The molecule has 8 nitrogen and oxygen atoms in total. The summed E-state index contributed by atoms with van der Waals surface area (Å²) in [6.07, 6.45) is 3.15. The largest absolute Gasteiger partial charge is 0.296 e. The molecule has 1 aromatic carbocycles. The molecule has 0 spiro atoms. The lowest BCUT2D eigenvalue weighted by Crippen LogP contribution is -2.23. The molecule has 26 heavy (non-hydrogen) atoms. The predicted molar refractivity (Wildman–Crippen MR) is 97.6 cm³/mol. The van der Waals surface area contributed by atoms with E-state index in [1.54, 1.807) is 48.8 Å². The van der Waals surface area contributed by atoms with Crippen molar-refractivity contribution in [3.8, 4) is 0 Å². The van der Waals surface area contributed by atoms with Crippen LogP contribution >= 0.6 is 22.9 Å². The summed E-state index contributed by atoms with van der Waals surface area (Å²) >= 11 is 6.70. The Labute approximate surface area is 158 Å². The molecular weight excluding hydrogens is 398 g/mol. The molecule has 0 radical (unpaired) electrons. The van der Waals surface area contributed by atoms with Gasteiger partial charge in [-0.1, -0.05) is 41.1 Å². The molecule has 0 aliphatic heterocycles. The van der Waals surface area contributed by atoms with Gasteiger partial charge in [-0.2, -0.15) is 0 Å². The van der Waals surface area contributed by atoms with Crippen molar-refractivity contribution >= 4 is 44.0 Å². The Bertz CT molecular complexity index is 1020. The molecule has 1 amide bonds. The molecule has 0 saturated carbocycles. The number of carbonyl (C=O) groups excluding carboxylic acids is 1. The number of halogens is 1. The number of benzene rings is 1. The fourth-order valence-electron chi connectivity index (χ4n) is 1.92. The molecular formula is C15H12ClN5O3S2. The minimum Gasteiger partial charge on any atom is -0.296 e. The zero-order valence-corrected chi connectivity index (χ0v) is 15.5. The highest BCUT2D eigenvalue weighted by Gasteiger charge is 2.21. The fraction of sp³-hybridized carbons (Fsp3) is 0.0667. The van der Waals surface area contributed by atoms with Crippen LogP contribution < -0.4 is 10.0 Å². The van der Waals surface area contributed by atoms with Gasteiger partial charge >= 0.3 is 0 Å². The second kappa shape index (κ2) is 7.87. The maximum absolute atomic E-state index is 12.3. The van der Waals surface area contributed by atoms with E-state index in [2.05, 4.69) is 25.2 Å². The van der Waals surface area contributed by atoms with Gasteiger partial charge in [0.25, 0.3) is 15.9 Å². The first-order chi connectivity index (χ1) is 12.5. The lowest BCUT2D eigenvalue weighted by Gasteiger charge is -2.03. The molecule has 3 aromatic rings. The molecule has 0 aliphatic carbocycles. The fourth-order valence-corrected chi connectivity index (χ4v) is 4.10. The summed E-state index contributed by atoms with van der Waals surface area (Å²) in [5.74, 6) is -0.501. The molecule has 2 aromatic heterocycles. The lowest BCUT2D eigenvalue weighted by atomic mass is 10.2. The molecule has 0 fully saturated rings. The molecule has 2 N–H and O–H groups in total. The van der Waals surface area contributed by atoms with Crippen LogP contribution in [0.25, 0.3) is 0 Å². The quantitative estimate of drug-likeness (QED) is 0.604. The van der Waals surface area contributed by atoms with E-state index in [-0.39, 0.29) is 26.6 Å². The van der Waals surface area contributed by atoms with E-state index in [1.807, 2.05) is 0 Å². The number of carbonyl (C=O) groups is 1. The number of sulfonamides is 1. The highest BCUT2D eigenvalue weighted by Crippen LogP contribution is 2.22. The van der Waals surface area contributed by atoms with Crippen LogP contribution in [0.15, 0.2) is 53.1 Å². The van der Waals surface area contributed by atoms with Crippen molar-refractivity contribution in [1.29, 1.82) is 0 Å². The van der Waals surface area contributed by atoms with Crippen molar-refractivity contribution in [3.05, 3.63) is 64.9 Å². The molecule has 3 rings (SSSR count). The number of rotatable bonds is 6. The van der Waals surface area contributed by atoms with Crippen molar-refractivity contribution in [2.45, 2.75) is 10.9 Å². The average Bonchev–Trinajstić information content (AvgIpc) is 3.11. The molecule has 0 unspecified atom stereocenters. The molecule has 0 atom stereocenters. The number of hydrogen-bond acceptors (Lipinski definition) is 7. The standard InChI is InChI=1S/C15H12ClN5O3S2/c16-12-6-2-1-5-11(12)13(22)19-14-20-21-15(25-14)26(23,24)18-9-10-4-3-7-17-8-10/h1-8,18H,9H2,(H,19,20,22). The molecule has 11 heteroatoms. The zero-order chi connectivity index (χ0) is 18.6. The highest BCUT2D eigenvalue weighted by molar-refractivity contribution is 7.91. The smallest absolute Gasteiger partial charge is 0.270 e. The summed E-state index contributed by atoms with van der Waals surface area (Å²) in [6.45, 7) is 0.0665. The molecule has 0 saturated heterocycles. The van der Waals surface area contributed by atoms with Gasteiger partial charge in [0.1, 0.15) is 0 Å². The minimum absolute atomic E-state index is 0.0525. The van der Waals surface area contributed by atoms with Crippen LogP contribution in [0.4, 0.5) is 5.13 Å². The second-order valence-corrected chi connectivity index (χ2v) is 8.32.